The van der Waals surface area contributed by atoms with Crippen molar-refractivity contribution in [3.63, 3.8) is 0 Å². The standard InChI is InChI=1S/C15H15N3O3S/c19-13(16-11-7-10-5-6-12(11)20-10)8-1-3-9(4-2-8)14-17-18-15(22)21-14/h1-4,10-12H,5-7H2,(H,16,19)(H,18,22)/t10-,11-,12-/m1/s1. The van der Waals surface area contributed by atoms with Crippen LogP contribution < -0.4 is 5.32 Å². The van der Waals surface area contributed by atoms with Gasteiger partial charge in [0.2, 0.25) is 5.89 Å². The molecule has 2 bridgehead atoms. The van der Waals surface area contributed by atoms with E-state index in [2.05, 4.69) is 15.5 Å². The predicted molar refractivity (Wildman–Crippen MR) is 80.9 cm³/mol. The Balaban J connectivity index is 1.46. The number of hydrogen-bond acceptors (Lipinski definition) is 5. The lowest BCUT2D eigenvalue weighted by Gasteiger charge is -2.20. The third-order valence-corrected chi connectivity index (χ3v) is 4.43. The summed E-state index contributed by atoms with van der Waals surface area (Å²) in [5, 5.41) is 9.59. The quantitative estimate of drug-likeness (QED) is 0.850. The molecule has 2 aliphatic rings. The first-order valence-electron chi connectivity index (χ1n) is 7.31. The van der Waals surface area contributed by atoms with Crippen LogP contribution in [-0.2, 0) is 4.74 Å². The van der Waals surface area contributed by atoms with Gasteiger partial charge in [-0.1, -0.05) is 0 Å². The molecule has 22 heavy (non-hydrogen) atoms. The Hall–Kier alpha value is -1.99. The van der Waals surface area contributed by atoms with Gasteiger partial charge in [-0.15, -0.1) is 5.10 Å². The molecule has 2 fully saturated rings. The molecule has 2 N–H and O–H groups in total. The Morgan fingerprint density at radius 1 is 1.32 bits per heavy atom. The van der Waals surface area contributed by atoms with E-state index in [0.717, 1.165) is 24.8 Å². The minimum absolute atomic E-state index is 0.0735. The predicted octanol–water partition coefficient (Wildman–Crippen LogP) is 2.45. The molecule has 0 radical (unpaired) electrons. The molecule has 0 unspecified atom stereocenters. The van der Waals surface area contributed by atoms with Crippen molar-refractivity contribution in [2.45, 2.75) is 37.5 Å². The average Bonchev–Trinajstić information content (AvgIpc) is 3.24. The van der Waals surface area contributed by atoms with E-state index in [-0.39, 0.29) is 22.9 Å². The van der Waals surface area contributed by atoms with Crippen LogP contribution in [0.2, 0.25) is 0 Å². The van der Waals surface area contributed by atoms with Crippen molar-refractivity contribution in [2.75, 3.05) is 0 Å². The summed E-state index contributed by atoms with van der Waals surface area (Å²) in [7, 11) is 0. The second-order valence-corrected chi connectivity index (χ2v) is 6.06. The highest BCUT2D eigenvalue weighted by Crippen LogP contribution is 2.34. The second-order valence-electron chi connectivity index (χ2n) is 5.69. The molecular weight excluding hydrogens is 302 g/mol. The zero-order valence-corrected chi connectivity index (χ0v) is 12.6. The molecule has 2 saturated heterocycles. The van der Waals surface area contributed by atoms with E-state index in [4.69, 9.17) is 21.4 Å². The normalized spacial score (nSPS) is 26.3. The molecule has 2 aromatic rings. The highest BCUT2D eigenvalue weighted by Gasteiger charge is 2.41. The number of nitrogens with one attached hydrogen (secondary N) is 2. The van der Waals surface area contributed by atoms with E-state index in [1.807, 2.05) is 0 Å². The van der Waals surface area contributed by atoms with E-state index in [1.54, 1.807) is 24.3 Å². The van der Waals surface area contributed by atoms with Crippen molar-refractivity contribution in [1.29, 1.82) is 0 Å². The van der Waals surface area contributed by atoms with Gasteiger partial charge < -0.3 is 14.5 Å². The number of fused-ring (bicyclic) bond motifs is 2. The summed E-state index contributed by atoms with van der Waals surface area (Å²) in [6, 6.07) is 7.23. The fourth-order valence-corrected chi connectivity index (χ4v) is 3.28. The molecule has 7 heteroatoms. The topological polar surface area (TPSA) is 80.1 Å². The molecule has 0 aliphatic carbocycles. The van der Waals surface area contributed by atoms with Gasteiger partial charge >= 0.3 is 0 Å². The molecule has 4 rings (SSSR count). The highest BCUT2D eigenvalue weighted by molar-refractivity contribution is 7.71. The minimum Gasteiger partial charge on any atom is -0.409 e. The lowest BCUT2D eigenvalue weighted by Crippen LogP contribution is -2.41. The second kappa shape index (κ2) is 5.33. The lowest BCUT2D eigenvalue weighted by atomic mass is 9.95. The zero-order chi connectivity index (χ0) is 15.1. The monoisotopic (exact) mass is 317 g/mol. The Morgan fingerprint density at radius 2 is 2.14 bits per heavy atom. The van der Waals surface area contributed by atoms with Crippen molar-refractivity contribution in [3.8, 4) is 11.5 Å². The number of H-pyrrole nitrogens is 1. The SMILES string of the molecule is O=C(N[C@@H]1C[C@H]2CC[C@H]1O2)c1ccc(-c2n[nH]c(=S)o2)cc1. The Labute approximate surface area is 131 Å². The number of aromatic amines is 1. The summed E-state index contributed by atoms with van der Waals surface area (Å²) in [6.07, 6.45) is 3.58. The van der Waals surface area contributed by atoms with Gasteiger partial charge in [0.15, 0.2) is 0 Å². The summed E-state index contributed by atoms with van der Waals surface area (Å²) in [5.41, 5.74) is 1.38. The molecule has 1 aromatic heterocycles. The number of nitrogens with zero attached hydrogens (tertiary/aromatic N) is 1. The van der Waals surface area contributed by atoms with Gasteiger partial charge in [0.25, 0.3) is 10.7 Å². The largest absolute Gasteiger partial charge is 0.409 e. The summed E-state index contributed by atoms with van der Waals surface area (Å²) < 4.78 is 11.0. The van der Waals surface area contributed by atoms with E-state index >= 15 is 0 Å². The van der Waals surface area contributed by atoms with Crippen LogP contribution in [0.25, 0.3) is 11.5 Å². The Morgan fingerprint density at radius 3 is 2.73 bits per heavy atom. The van der Waals surface area contributed by atoms with Gasteiger partial charge in [-0.05, 0) is 55.7 Å². The maximum Gasteiger partial charge on any atom is 0.284 e. The molecule has 3 heterocycles. The number of benzene rings is 1. The van der Waals surface area contributed by atoms with E-state index < -0.39 is 0 Å². The molecule has 0 saturated carbocycles. The van der Waals surface area contributed by atoms with Crippen LogP contribution in [0.5, 0.6) is 0 Å². The number of rotatable bonds is 3. The third-order valence-electron chi connectivity index (χ3n) is 4.25. The Kier molecular flexibility index (Phi) is 3.31. The van der Waals surface area contributed by atoms with Gasteiger partial charge in [-0.25, -0.2) is 5.10 Å². The number of aromatic nitrogens is 2. The molecule has 1 aromatic carbocycles. The summed E-state index contributed by atoms with van der Waals surface area (Å²) in [6.45, 7) is 0. The molecule has 114 valence electrons. The van der Waals surface area contributed by atoms with Crippen molar-refractivity contribution >= 4 is 18.1 Å². The molecule has 2 aliphatic heterocycles. The maximum atomic E-state index is 12.3. The van der Waals surface area contributed by atoms with Crippen molar-refractivity contribution in [3.05, 3.63) is 34.7 Å². The molecular formula is C15H15N3O3S. The molecule has 1 amide bonds. The Bertz CT molecular complexity index is 752. The number of ether oxygens (including phenoxy) is 1. The first kappa shape index (κ1) is 13.7. The van der Waals surface area contributed by atoms with Crippen LogP contribution in [0, 0.1) is 4.84 Å². The summed E-state index contributed by atoms with van der Waals surface area (Å²) in [4.78, 5) is 12.5. The van der Waals surface area contributed by atoms with Crippen LogP contribution in [-0.4, -0.2) is 34.4 Å². The first-order valence-corrected chi connectivity index (χ1v) is 7.72. The van der Waals surface area contributed by atoms with Crippen molar-refractivity contribution in [2.24, 2.45) is 0 Å². The lowest BCUT2D eigenvalue weighted by molar-refractivity contribution is 0.0841. The number of carbonyl (C=O) groups is 1. The number of carbonyl (C=O) groups excluding carboxylic acids is 1. The first-order chi connectivity index (χ1) is 10.7. The summed E-state index contributed by atoms with van der Waals surface area (Å²) in [5.74, 6) is 0.342. The van der Waals surface area contributed by atoms with Gasteiger partial charge in [0, 0.05) is 11.1 Å². The molecule has 6 nitrogen and oxygen atoms in total. The molecule has 0 spiro atoms. The minimum atomic E-state index is -0.0735. The van der Waals surface area contributed by atoms with Crippen LogP contribution in [0.15, 0.2) is 28.7 Å². The van der Waals surface area contributed by atoms with Gasteiger partial charge in [-0.2, -0.15) is 0 Å². The van der Waals surface area contributed by atoms with Crippen molar-refractivity contribution < 1.29 is 13.9 Å². The number of hydrogen-bond donors (Lipinski definition) is 2. The molecule has 3 atom stereocenters. The van der Waals surface area contributed by atoms with E-state index in [9.17, 15) is 4.79 Å². The van der Waals surface area contributed by atoms with Gasteiger partial charge in [-0.3, -0.25) is 4.79 Å². The van der Waals surface area contributed by atoms with Crippen LogP contribution >= 0.6 is 12.2 Å². The summed E-state index contributed by atoms with van der Waals surface area (Å²) >= 11 is 4.85. The van der Waals surface area contributed by atoms with Crippen molar-refractivity contribution in [1.82, 2.24) is 15.5 Å². The number of amides is 1. The van der Waals surface area contributed by atoms with E-state index in [1.165, 1.54) is 0 Å². The van der Waals surface area contributed by atoms with Crippen LogP contribution in [0.4, 0.5) is 0 Å². The van der Waals surface area contributed by atoms with Crippen LogP contribution in [0.1, 0.15) is 29.6 Å². The zero-order valence-electron chi connectivity index (χ0n) is 11.7. The van der Waals surface area contributed by atoms with Gasteiger partial charge in [0.1, 0.15) is 0 Å². The fraction of sp³-hybridized carbons (Fsp3) is 0.400. The van der Waals surface area contributed by atoms with Gasteiger partial charge in [0.05, 0.1) is 18.2 Å². The highest BCUT2D eigenvalue weighted by atomic mass is 32.1. The maximum absolute atomic E-state index is 12.3. The van der Waals surface area contributed by atoms with Crippen LogP contribution in [0.3, 0.4) is 0 Å². The van der Waals surface area contributed by atoms with E-state index in [0.29, 0.717) is 17.6 Å². The third kappa shape index (κ3) is 2.46. The average molecular weight is 317 g/mol. The fourth-order valence-electron chi connectivity index (χ4n) is 3.16. The smallest absolute Gasteiger partial charge is 0.284 e.